The van der Waals surface area contributed by atoms with Crippen molar-refractivity contribution in [1.82, 2.24) is 0 Å². The Morgan fingerprint density at radius 2 is 2.06 bits per heavy atom. The van der Waals surface area contributed by atoms with Crippen molar-refractivity contribution < 1.29 is 0 Å². The molecule has 1 heteroatoms. The Balaban J connectivity index is 2.29. The average molecular weight is 234 g/mol. The Morgan fingerprint density at radius 3 is 2.65 bits per heavy atom. The first kappa shape index (κ1) is 13.1. The van der Waals surface area contributed by atoms with Gasteiger partial charge in [0.05, 0.1) is 0 Å². The molecular weight excluding hydrogens is 206 g/mol. The van der Waals surface area contributed by atoms with E-state index in [-0.39, 0.29) is 5.54 Å². The molecule has 2 rings (SSSR count). The van der Waals surface area contributed by atoms with Crippen LogP contribution in [0.15, 0.2) is 11.6 Å². The third-order valence-electron chi connectivity index (χ3n) is 5.44. The third-order valence-corrected chi connectivity index (χ3v) is 5.44. The normalized spacial score (nSPS) is 42.2. The average Bonchev–Trinajstić information content (AvgIpc) is 2.28. The van der Waals surface area contributed by atoms with Crippen molar-refractivity contribution in [3.63, 3.8) is 0 Å². The lowest BCUT2D eigenvalue weighted by molar-refractivity contribution is 0.0823. The van der Waals surface area contributed by atoms with Crippen LogP contribution in [-0.2, 0) is 0 Å². The number of hydrogen-bond donors (Lipinski definition) is 0. The van der Waals surface area contributed by atoms with E-state index in [0.29, 0.717) is 0 Å². The van der Waals surface area contributed by atoms with Gasteiger partial charge in [0.2, 0.25) is 0 Å². The molecule has 17 heavy (non-hydrogen) atoms. The quantitative estimate of drug-likeness (QED) is 0.610. The molecule has 0 aromatic carbocycles. The largest absolute Gasteiger partial charge is 0.659 e. The van der Waals surface area contributed by atoms with Gasteiger partial charge < -0.3 is 5.32 Å². The van der Waals surface area contributed by atoms with Gasteiger partial charge in [-0.1, -0.05) is 45.3 Å². The predicted molar refractivity (Wildman–Crippen MR) is 75.2 cm³/mol. The summed E-state index contributed by atoms with van der Waals surface area (Å²) in [6.45, 7) is 9.48. The van der Waals surface area contributed by atoms with Gasteiger partial charge in [0.15, 0.2) is 0 Å². The monoisotopic (exact) mass is 234 g/mol. The second-order valence-electron chi connectivity index (χ2n) is 6.76. The van der Waals surface area contributed by atoms with Crippen LogP contribution in [-0.4, -0.2) is 12.6 Å². The fourth-order valence-corrected chi connectivity index (χ4v) is 4.14. The molecular formula is C16H28N-. The summed E-state index contributed by atoms with van der Waals surface area (Å²) in [5.41, 5.74) is 1.85. The molecule has 98 valence electrons. The van der Waals surface area contributed by atoms with E-state index in [2.05, 4.69) is 33.8 Å². The van der Waals surface area contributed by atoms with Gasteiger partial charge in [-0.25, -0.2) is 0 Å². The molecule has 0 amide bonds. The zero-order valence-corrected chi connectivity index (χ0v) is 12.2. The lowest BCUT2D eigenvalue weighted by Gasteiger charge is -2.58. The minimum Gasteiger partial charge on any atom is -0.659 e. The highest BCUT2D eigenvalue weighted by atomic mass is 14.9. The molecule has 1 nitrogen and oxygen atoms in total. The predicted octanol–water partition coefficient (Wildman–Crippen LogP) is 4.79. The molecule has 2 aliphatic carbocycles. The van der Waals surface area contributed by atoms with Crippen LogP contribution in [0.5, 0.6) is 0 Å². The third kappa shape index (κ3) is 2.31. The maximum Gasteiger partial charge on any atom is -0.0183 e. The summed E-state index contributed by atoms with van der Waals surface area (Å²) in [6.07, 6.45) is 7.87. The van der Waals surface area contributed by atoms with Crippen LogP contribution in [0, 0.1) is 23.7 Å². The summed E-state index contributed by atoms with van der Waals surface area (Å²) in [5.74, 6) is 3.26. The first-order valence-electron chi connectivity index (χ1n) is 7.26. The Labute approximate surface area is 107 Å². The minimum atomic E-state index is 0.243. The Kier molecular flexibility index (Phi) is 3.68. The number of nitrogens with zero attached hydrogens (tertiary/aromatic N) is 1. The lowest BCUT2D eigenvalue weighted by atomic mass is 9.57. The fourth-order valence-electron chi connectivity index (χ4n) is 4.14. The van der Waals surface area contributed by atoms with Gasteiger partial charge in [-0.2, -0.15) is 7.05 Å². The lowest BCUT2D eigenvalue weighted by Crippen LogP contribution is -2.47. The minimum absolute atomic E-state index is 0.243. The van der Waals surface area contributed by atoms with E-state index in [4.69, 9.17) is 5.32 Å². The Morgan fingerprint density at radius 1 is 1.35 bits per heavy atom. The molecule has 0 aromatic rings. The van der Waals surface area contributed by atoms with Crippen LogP contribution in [0.4, 0.5) is 0 Å². The van der Waals surface area contributed by atoms with Gasteiger partial charge in [0, 0.05) is 0 Å². The highest BCUT2D eigenvalue weighted by Crippen LogP contribution is 2.52. The second kappa shape index (κ2) is 4.76. The SMILES string of the molecule is C[N-][C@@]1(C)CC[C@H](C(C)C)[C@@H]2C=C(C)CC[C@@H]21. The summed E-state index contributed by atoms with van der Waals surface area (Å²) in [6, 6.07) is 0. The summed E-state index contributed by atoms with van der Waals surface area (Å²) in [4.78, 5) is 0. The van der Waals surface area contributed by atoms with Crippen LogP contribution in [0.1, 0.15) is 53.4 Å². The molecule has 1 fully saturated rings. The van der Waals surface area contributed by atoms with Gasteiger partial charge in [-0.15, -0.1) is 5.54 Å². The van der Waals surface area contributed by atoms with E-state index in [1.807, 2.05) is 7.05 Å². The van der Waals surface area contributed by atoms with Gasteiger partial charge in [-0.3, -0.25) is 0 Å². The maximum absolute atomic E-state index is 4.75. The Bertz CT molecular complexity index is 305. The van der Waals surface area contributed by atoms with Crippen LogP contribution in [0.3, 0.4) is 0 Å². The van der Waals surface area contributed by atoms with E-state index in [0.717, 1.165) is 23.7 Å². The number of fused-ring (bicyclic) bond motifs is 1. The molecule has 2 aliphatic rings. The first-order chi connectivity index (χ1) is 7.98. The Hall–Kier alpha value is -0.300. The number of hydrogen-bond acceptors (Lipinski definition) is 0. The van der Waals surface area contributed by atoms with Gasteiger partial charge in [0.1, 0.15) is 0 Å². The van der Waals surface area contributed by atoms with Crippen molar-refractivity contribution in [2.45, 2.75) is 58.9 Å². The number of allylic oxidation sites excluding steroid dienone is 2. The molecule has 0 aliphatic heterocycles. The molecule has 0 heterocycles. The fraction of sp³-hybridized carbons (Fsp3) is 0.875. The van der Waals surface area contributed by atoms with Crippen LogP contribution < -0.4 is 0 Å². The maximum atomic E-state index is 4.75. The standard InChI is InChI=1S/C16H28N/c1-11(2)13-8-9-16(4,17-5)15-7-6-12(3)10-14(13)15/h10-11,13-15H,6-9H2,1-5H3/q-1/t13-,14+,15+,16+/m1/s1. The van der Waals surface area contributed by atoms with E-state index in [9.17, 15) is 0 Å². The van der Waals surface area contributed by atoms with Crippen molar-refractivity contribution in [3.8, 4) is 0 Å². The second-order valence-corrected chi connectivity index (χ2v) is 6.76. The molecule has 0 bridgehead atoms. The molecule has 0 spiro atoms. The first-order valence-corrected chi connectivity index (χ1v) is 7.26. The van der Waals surface area contributed by atoms with Gasteiger partial charge >= 0.3 is 0 Å². The molecule has 0 unspecified atom stereocenters. The molecule has 0 N–H and O–H groups in total. The summed E-state index contributed by atoms with van der Waals surface area (Å²) in [7, 11) is 2.03. The zero-order valence-electron chi connectivity index (χ0n) is 12.2. The van der Waals surface area contributed by atoms with Crippen LogP contribution >= 0.6 is 0 Å². The van der Waals surface area contributed by atoms with E-state index < -0.39 is 0 Å². The zero-order chi connectivity index (χ0) is 12.6. The van der Waals surface area contributed by atoms with Crippen molar-refractivity contribution in [3.05, 3.63) is 17.0 Å². The van der Waals surface area contributed by atoms with E-state index >= 15 is 0 Å². The van der Waals surface area contributed by atoms with Crippen molar-refractivity contribution in [1.29, 1.82) is 0 Å². The van der Waals surface area contributed by atoms with Crippen molar-refractivity contribution >= 4 is 0 Å². The molecule has 4 atom stereocenters. The molecule has 0 radical (unpaired) electrons. The van der Waals surface area contributed by atoms with Crippen LogP contribution in [0.25, 0.3) is 5.32 Å². The molecule has 1 saturated carbocycles. The van der Waals surface area contributed by atoms with Gasteiger partial charge in [0.25, 0.3) is 0 Å². The summed E-state index contributed by atoms with van der Waals surface area (Å²) < 4.78 is 0. The van der Waals surface area contributed by atoms with Crippen molar-refractivity contribution in [2.24, 2.45) is 23.7 Å². The topological polar surface area (TPSA) is 14.1 Å². The van der Waals surface area contributed by atoms with Gasteiger partial charge in [-0.05, 0) is 43.4 Å². The number of rotatable bonds is 2. The summed E-state index contributed by atoms with van der Waals surface area (Å²) >= 11 is 0. The van der Waals surface area contributed by atoms with E-state index in [1.54, 1.807) is 5.57 Å². The smallest absolute Gasteiger partial charge is 0.0183 e. The molecule has 0 aromatic heterocycles. The van der Waals surface area contributed by atoms with Crippen molar-refractivity contribution in [2.75, 3.05) is 7.05 Å². The summed E-state index contributed by atoms with van der Waals surface area (Å²) in [5, 5.41) is 4.75. The highest BCUT2D eigenvalue weighted by Gasteiger charge is 2.41. The molecule has 0 saturated heterocycles. The highest BCUT2D eigenvalue weighted by molar-refractivity contribution is 5.19. The van der Waals surface area contributed by atoms with Crippen LogP contribution in [0.2, 0.25) is 0 Å². The van der Waals surface area contributed by atoms with E-state index in [1.165, 1.54) is 25.7 Å².